The number of amides is 1. The Balaban J connectivity index is 2.24. The fourth-order valence-corrected chi connectivity index (χ4v) is 1.43. The molecule has 0 aliphatic heterocycles. The van der Waals surface area contributed by atoms with E-state index in [-0.39, 0.29) is 10.7 Å². The molecule has 0 aliphatic carbocycles. The minimum Gasteiger partial charge on any atom is -0.373 e. The molecule has 6 nitrogen and oxygen atoms in total. The average molecular weight is 252 g/mol. The number of nitrogens with one attached hydrogen (secondary N) is 3. The number of halogens is 1. The first-order valence-corrected chi connectivity index (χ1v) is 5.23. The quantitative estimate of drug-likeness (QED) is 0.776. The normalized spacial score (nSPS) is 10.0. The summed E-state index contributed by atoms with van der Waals surface area (Å²) in [4.78, 5) is 22.6. The maximum atomic E-state index is 11.9. The van der Waals surface area contributed by atoms with E-state index in [0.717, 1.165) is 0 Å². The van der Waals surface area contributed by atoms with Crippen LogP contribution in [-0.2, 0) is 0 Å². The van der Waals surface area contributed by atoms with E-state index >= 15 is 0 Å². The predicted octanol–water partition coefficient (Wildman–Crippen LogP) is 1.75. The Morgan fingerprint density at radius 1 is 1.47 bits per heavy atom. The van der Waals surface area contributed by atoms with Crippen LogP contribution in [0, 0.1) is 0 Å². The minimum atomic E-state index is -0.415. The van der Waals surface area contributed by atoms with Gasteiger partial charge >= 0.3 is 0 Å². The van der Waals surface area contributed by atoms with Gasteiger partial charge in [0.25, 0.3) is 5.91 Å². The van der Waals surface area contributed by atoms with Crippen molar-refractivity contribution in [3.63, 3.8) is 0 Å². The number of aromatic amines is 1. The van der Waals surface area contributed by atoms with Crippen LogP contribution in [0.15, 0.2) is 24.5 Å². The Labute approximate surface area is 102 Å². The maximum absolute atomic E-state index is 11.9. The Hall–Kier alpha value is -2.08. The third-order valence-corrected chi connectivity index (χ3v) is 2.35. The van der Waals surface area contributed by atoms with Crippen LogP contribution < -0.4 is 10.6 Å². The van der Waals surface area contributed by atoms with E-state index in [1.54, 1.807) is 25.4 Å². The summed E-state index contributed by atoms with van der Waals surface area (Å²) in [6.45, 7) is 0. The van der Waals surface area contributed by atoms with E-state index in [2.05, 4.69) is 25.6 Å². The lowest BCUT2D eigenvalue weighted by Crippen LogP contribution is -2.15. The summed E-state index contributed by atoms with van der Waals surface area (Å²) in [7, 11) is 1.71. The van der Waals surface area contributed by atoms with E-state index in [9.17, 15) is 4.79 Å². The first-order chi connectivity index (χ1) is 8.20. The molecule has 2 aromatic rings. The number of H-pyrrole nitrogens is 1. The molecule has 0 saturated heterocycles. The Bertz CT molecular complexity index is 525. The van der Waals surface area contributed by atoms with Crippen molar-refractivity contribution >= 4 is 29.3 Å². The number of carbonyl (C=O) groups is 1. The van der Waals surface area contributed by atoms with Crippen LogP contribution in [0.3, 0.4) is 0 Å². The van der Waals surface area contributed by atoms with Gasteiger partial charge in [0.05, 0.1) is 5.02 Å². The van der Waals surface area contributed by atoms with Crippen LogP contribution in [0.4, 0.5) is 11.8 Å². The molecule has 2 rings (SSSR count). The van der Waals surface area contributed by atoms with Crippen LogP contribution >= 0.6 is 11.6 Å². The Morgan fingerprint density at radius 2 is 2.29 bits per heavy atom. The molecule has 0 aromatic carbocycles. The second-order valence-corrected chi connectivity index (χ2v) is 3.58. The smallest absolute Gasteiger partial charge is 0.278 e. The van der Waals surface area contributed by atoms with Crippen LogP contribution in [-0.4, -0.2) is 27.9 Å². The summed E-state index contributed by atoms with van der Waals surface area (Å²) in [5, 5.41) is 5.67. The first kappa shape index (κ1) is 11.4. The molecule has 0 saturated carbocycles. The van der Waals surface area contributed by atoms with E-state index < -0.39 is 5.91 Å². The molecule has 7 heteroatoms. The molecule has 0 atom stereocenters. The average Bonchev–Trinajstić information content (AvgIpc) is 2.82. The molecular weight excluding hydrogens is 242 g/mol. The molecule has 3 N–H and O–H groups in total. The lowest BCUT2D eigenvalue weighted by molar-refractivity contribution is 0.102. The highest BCUT2D eigenvalue weighted by Gasteiger charge is 2.13. The second-order valence-electron chi connectivity index (χ2n) is 3.17. The van der Waals surface area contributed by atoms with Gasteiger partial charge in [0, 0.05) is 19.4 Å². The van der Waals surface area contributed by atoms with Gasteiger partial charge < -0.3 is 10.3 Å². The molecule has 0 bridgehead atoms. The van der Waals surface area contributed by atoms with Crippen molar-refractivity contribution in [2.45, 2.75) is 0 Å². The van der Waals surface area contributed by atoms with E-state index in [1.807, 2.05) is 0 Å². The third kappa shape index (κ3) is 2.54. The molecule has 0 aliphatic rings. The van der Waals surface area contributed by atoms with Gasteiger partial charge in [-0.1, -0.05) is 11.6 Å². The summed E-state index contributed by atoms with van der Waals surface area (Å²) >= 11 is 5.91. The van der Waals surface area contributed by atoms with Gasteiger partial charge in [0.1, 0.15) is 11.5 Å². The van der Waals surface area contributed by atoms with Gasteiger partial charge in [0.15, 0.2) is 0 Å². The number of hydrogen-bond donors (Lipinski definition) is 3. The minimum absolute atomic E-state index is 0.148. The molecule has 88 valence electrons. The number of carbonyl (C=O) groups excluding carboxylic acids is 1. The van der Waals surface area contributed by atoms with Gasteiger partial charge in [-0.05, 0) is 12.1 Å². The zero-order valence-electron chi connectivity index (χ0n) is 8.99. The lowest BCUT2D eigenvalue weighted by atomic mass is 10.3. The number of pyridine rings is 1. The molecule has 0 unspecified atom stereocenters. The zero-order chi connectivity index (χ0) is 12.3. The van der Waals surface area contributed by atoms with Crippen LogP contribution in [0.5, 0.6) is 0 Å². The maximum Gasteiger partial charge on any atom is 0.278 e. The summed E-state index contributed by atoms with van der Waals surface area (Å²) in [6.07, 6.45) is 3.14. The number of imidazole rings is 1. The van der Waals surface area contributed by atoms with E-state index in [0.29, 0.717) is 11.8 Å². The summed E-state index contributed by atoms with van der Waals surface area (Å²) < 4.78 is 0. The SMILES string of the molecule is CNc1ccc(Cl)c(C(=O)Nc2ncc[nH]2)n1. The van der Waals surface area contributed by atoms with Crippen molar-refractivity contribution in [3.8, 4) is 0 Å². The van der Waals surface area contributed by atoms with Crippen LogP contribution in [0.25, 0.3) is 0 Å². The van der Waals surface area contributed by atoms with Gasteiger partial charge in [-0.3, -0.25) is 10.1 Å². The number of rotatable bonds is 3. The molecule has 1 amide bonds. The number of aromatic nitrogens is 3. The van der Waals surface area contributed by atoms with Crippen LogP contribution in [0.1, 0.15) is 10.5 Å². The highest BCUT2D eigenvalue weighted by atomic mass is 35.5. The predicted molar refractivity (Wildman–Crippen MR) is 65.3 cm³/mol. The Morgan fingerprint density at radius 3 is 2.94 bits per heavy atom. The van der Waals surface area contributed by atoms with Crippen molar-refractivity contribution in [3.05, 3.63) is 35.2 Å². The fourth-order valence-electron chi connectivity index (χ4n) is 1.24. The van der Waals surface area contributed by atoms with Gasteiger partial charge in [0.2, 0.25) is 5.95 Å². The molecule has 0 spiro atoms. The third-order valence-electron chi connectivity index (χ3n) is 2.05. The van der Waals surface area contributed by atoms with Gasteiger partial charge in [-0.15, -0.1) is 0 Å². The fraction of sp³-hybridized carbons (Fsp3) is 0.100. The van der Waals surface area contributed by atoms with E-state index in [1.165, 1.54) is 6.20 Å². The van der Waals surface area contributed by atoms with Gasteiger partial charge in [-0.25, -0.2) is 9.97 Å². The largest absolute Gasteiger partial charge is 0.373 e. The monoisotopic (exact) mass is 251 g/mol. The molecule has 2 heterocycles. The van der Waals surface area contributed by atoms with Crippen molar-refractivity contribution in [2.75, 3.05) is 17.7 Å². The summed E-state index contributed by atoms with van der Waals surface area (Å²) in [5.41, 5.74) is 0.148. The zero-order valence-corrected chi connectivity index (χ0v) is 9.75. The molecular formula is C10H10ClN5O. The van der Waals surface area contributed by atoms with Gasteiger partial charge in [-0.2, -0.15) is 0 Å². The van der Waals surface area contributed by atoms with Crippen molar-refractivity contribution < 1.29 is 4.79 Å². The second kappa shape index (κ2) is 4.84. The number of nitrogens with zero attached hydrogens (tertiary/aromatic N) is 2. The van der Waals surface area contributed by atoms with Crippen molar-refractivity contribution in [1.29, 1.82) is 0 Å². The number of anilines is 2. The lowest BCUT2D eigenvalue weighted by Gasteiger charge is -2.05. The number of hydrogen-bond acceptors (Lipinski definition) is 4. The van der Waals surface area contributed by atoms with Crippen molar-refractivity contribution in [1.82, 2.24) is 15.0 Å². The Kier molecular flexibility index (Phi) is 3.24. The van der Waals surface area contributed by atoms with Crippen molar-refractivity contribution in [2.24, 2.45) is 0 Å². The topological polar surface area (TPSA) is 82.7 Å². The molecule has 17 heavy (non-hydrogen) atoms. The highest BCUT2D eigenvalue weighted by molar-refractivity contribution is 6.34. The standard InChI is InChI=1S/C10H10ClN5O/c1-12-7-3-2-6(11)8(15-7)9(17)16-10-13-4-5-14-10/h2-5H,1H3,(H,12,15)(H2,13,14,16,17). The van der Waals surface area contributed by atoms with E-state index in [4.69, 9.17) is 11.6 Å². The highest BCUT2D eigenvalue weighted by Crippen LogP contribution is 2.17. The summed E-state index contributed by atoms with van der Waals surface area (Å²) in [5.74, 6) is 0.503. The van der Waals surface area contributed by atoms with Crippen LogP contribution in [0.2, 0.25) is 5.02 Å². The summed E-state index contributed by atoms with van der Waals surface area (Å²) in [6, 6.07) is 3.30. The molecule has 2 aromatic heterocycles. The molecule has 0 radical (unpaired) electrons. The molecule has 0 fully saturated rings. The first-order valence-electron chi connectivity index (χ1n) is 4.85.